The van der Waals surface area contributed by atoms with Crippen LogP contribution < -0.4 is 24.2 Å². The van der Waals surface area contributed by atoms with Crippen molar-refractivity contribution in [3.05, 3.63) is 80.4 Å². The van der Waals surface area contributed by atoms with Crippen molar-refractivity contribution in [2.24, 2.45) is 0 Å². The molecule has 3 aromatic rings. The second-order valence-electron chi connectivity index (χ2n) is 15.6. The van der Waals surface area contributed by atoms with Gasteiger partial charge in [0.1, 0.15) is 35.3 Å². The monoisotopic (exact) mass is 837 g/mol. The van der Waals surface area contributed by atoms with Gasteiger partial charge >= 0.3 is 6.09 Å². The largest absolute Gasteiger partial charge is 0.497 e. The molecule has 1 aliphatic heterocycles. The molecule has 3 amide bonds. The first kappa shape index (κ1) is 46.1. The highest BCUT2D eigenvalue weighted by Crippen LogP contribution is 2.36. The lowest BCUT2D eigenvalue weighted by atomic mass is 9.99. The number of nitrogens with one attached hydrogen (secondary N) is 3. The number of likely N-dealkylation sites (tertiary alicyclic amines) is 1. The van der Waals surface area contributed by atoms with Crippen LogP contribution in [0.2, 0.25) is 0 Å². The lowest BCUT2D eigenvalue weighted by Gasteiger charge is -2.31. The van der Waals surface area contributed by atoms with Crippen LogP contribution >= 0.6 is 11.9 Å². The number of alkyl carbamates (subject to hydrolysis) is 1. The van der Waals surface area contributed by atoms with Gasteiger partial charge in [-0.3, -0.25) is 14.3 Å². The summed E-state index contributed by atoms with van der Waals surface area (Å²) in [6.45, 7) is 16.3. The molecule has 15 heteroatoms. The molecule has 3 fully saturated rings. The van der Waals surface area contributed by atoms with Crippen molar-refractivity contribution in [1.82, 2.24) is 24.6 Å². The third-order valence-corrected chi connectivity index (χ3v) is 12.7. The molecule has 2 heterocycles. The van der Waals surface area contributed by atoms with Gasteiger partial charge in [0.15, 0.2) is 0 Å². The number of nitrogens with zero attached hydrogens (tertiary/aromatic N) is 2. The molecular weight excluding hydrogens is 779 g/mol. The van der Waals surface area contributed by atoms with E-state index in [1.807, 2.05) is 54.6 Å². The number of hydrogen-bond donors (Lipinski definition) is 3. The number of pyridine rings is 1. The van der Waals surface area contributed by atoms with Crippen molar-refractivity contribution < 1.29 is 37.0 Å². The van der Waals surface area contributed by atoms with Crippen LogP contribution in [0, 0.1) is 0 Å². The van der Waals surface area contributed by atoms with Gasteiger partial charge in [-0.1, -0.05) is 80.5 Å². The summed E-state index contributed by atoms with van der Waals surface area (Å²) in [5.41, 5.74) is 0.129. The molecule has 3 N–H and O–H groups in total. The number of rotatable bonds is 14. The van der Waals surface area contributed by atoms with Gasteiger partial charge in [0.25, 0.3) is 5.91 Å². The summed E-state index contributed by atoms with van der Waals surface area (Å²) < 4.78 is 48.0. The van der Waals surface area contributed by atoms with Crippen LogP contribution in [0.1, 0.15) is 85.5 Å². The Morgan fingerprint density at radius 3 is 2.22 bits per heavy atom. The first-order valence-electron chi connectivity index (χ1n) is 19.7. The SMILES string of the molecule is C1CCCC1.C=C.C=CC[C@](C)(NS[C@@H]1C[C@@H](Oc2cc(-c3ccccc3)nc3cc(OC)ccc23)CN1C(=O)CNC(=O)OC(C)(C)C)C(=O)NS(=O)(=O)C1CC1. The van der Waals surface area contributed by atoms with E-state index in [0.717, 1.165) is 22.9 Å². The summed E-state index contributed by atoms with van der Waals surface area (Å²) in [5.74, 6) is 0.0850. The first-order valence-corrected chi connectivity index (χ1v) is 22.1. The number of aromatic nitrogens is 1. The van der Waals surface area contributed by atoms with Gasteiger partial charge in [-0.05, 0) is 59.1 Å². The topological polar surface area (TPSA) is 165 Å². The highest BCUT2D eigenvalue weighted by Gasteiger charge is 2.43. The Labute approximate surface area is 347 Å². The van der Waals surface area contributed by atoms with Gasteiger partial charge in [-0.15, -0.1) is 19.7 Å². The molecule has 2 saturated carbocycles. The van der Waals surface area contributed by atoms with Gasteiger partial charge in [-0.2, -0.15) is 0 Å². The Balaban J connectivity index is 0.000000972. The molecular formula is C43H59N5O8S2. The Kier molecular flexibility index (Phi) is 16.6. The summed E-state index contributed by atoms with van der Waals surface area (Å²) in [4.78, 5) is 45.8. The van der Waals surface area contributed by atoms with E-state index in [2.05, 4.69) is 34.5 Å². The molecule has 1 aromatic heterocycles. The third kappa shape index (κ3) is 13.2. The number of fused-ring (bicyclic) bond motifs is 1. The molecule has 0 radical (unpaired) electrons. The second-order valence-corrected chi connectivity index (χ2v) is 18.5. The smallest absolute Gasteiger partial charge is 0.408 e. The van der Waals surface area contributed by atoms with E-state index in [1.54, 1.807) is 39.7 Å². The van der Waals surface area contributed by atoms with E-state index in [0.29, 0.717) is 42.0 Å². The fourth-order valence-corrected chi connectivity index (χ4v) is 9.00. The predicted octanol–water partition coefficient (Wildman–Crippen LogP) is 7.67. The number of benzene rings is 2. The van der Waals surface area contributed by atoms with Crippen LogP contribution in [-0.4, -0.2) is 84.3 Å². The molecule has 3 atom stereocenters. The van der Waals surface area contributed by atoms with Crippen LogP contribution in [0.3, 0.4) is 0 Å². The van der Waals surface area contributed by atoms with E-state index >= 15 is 0 Å². The zero-order chi connectivity index (χ0) is 42.5. The van der Waals surface area contributed by atoms with E-state index in [4.69, 9.17) is 19.2 Å². The van der Waals surface area contributed by atoms with Crippen molar-refractivity contribution in [3.8, 4) is 22.8 Å². The fourth-order valence-electron chi connectivity index (χ4n) is 6.38. The van der Waals surface area contributed by atoms with Gasteiger partial charge in [0.05, 0.1) is 35.5 Å². The van der Waals surface area contributed by atoms with Gasteiger partial charge in [0, 0.05) is 29.5 Å². The van der Waals surface area contributed by atoms with Crippen LogP contribution in [0.15, 0.2) is 80.4 Å². The van der Waals surface area contributed by atoms with E-state index < -0.39 is 55.8 Å². The van der Waals surface area contributed by atoms with Gasteiger partial charge < -0.3 is 24.4 Å². The average molecular weight is 838 g/mol. The highest BCUT2D eigenvalue weighted by atomic mass is 32.2. The maximum atomic E-state index is 13.7. The molecule has 13 nitrogen and oxygen atoms in total. The third-order valence-electron chi connectivity index (χ3n) is 9.58. The normalized spacial score (nSPS) is 18.7. The molecule has 1 saturated heterocycles. The number of methoxy groups -OCH3 is 1. The lowest BCUT2D eigenvalue weighted by Crippen LogP contribution is -2.55. The number of hydrogen-bond acceptors (Lipinski definition) is 11. The van der Waals surface area contributed by atoms with Crippen molar-refractivity contribution in [2.45, 2.75) is 113 Å². The minimum atomic E-state index is -3.80. The molecule has 2 aromatic carbocycles. The standard InChI is InChI=1S/C36H45N5O8S2.C5H10.C2H4/c1-7-17-36(5,33(43)39-51(45,46)26-14-15-26)40-50-32-19-25(22-41(32)31(42)21-37-34(44)49-35(2,3)4)48-30-20-28(23-11-9-8-10-12-23)38-29-18-24(47-6)13-16-27(29)30;1-2-4-5-3-1;1-2/h7-13,16,18,20,25-26,32,40H,1,14-15,17,19,21-22H2,2-6H3,(H,37,44)(H,39,43);1-5H2;1-2H2/t25-,32-,36+;;/m1../s1. The van der Waals surface area contributed by atoms with Gasteiger partial charge in [-0.25, -0.2) is 22.9 Å². The summed E-state index contributed by atoms with van der Waals surface area (Å²) >= 11 is 1.11. The van der Waals surface area contributed by atoms with Crippen molar-refractivity contribution in [1.29, 1.82) is 0 Å². The lowest BCUT2D eigenvalue weighted by molar-refractivity contribution is -0.130. The summed E-state index contributed by atoms with van der Waals surface area (Å²) in [6.07, 6.45) is 9.26. The Morgan fingerprint density at radius 1 is 0.983 bits per heavy atom. The van der Waals surface area contributed by atoms with Crippen LogP contribution in [0.5, 0.6) is 11.5 Å². The van der Waals surface area contributed by atoms with Crippen molar-refractivity contribution >= 4 is 50.8 Å². The molecule has 0 bridgehead atoms. The molecule has 0 unspecified atom stereocenters. The Morgan fingerprint density at radius 2 is 1.64 bits per heavy atom. The number of ether oxygens (including phenoxy) is 3. The van der Waals surface area contributed by atoms with Crippen LogP contribution in [0.25, 0.3) is 22.2 Å². The minimum Gasteiger partial charge on any atom is -0.497 e. The Bertz CT molecular complexity index is 1980. The van der Waals surface area contributed by atoms with Crippen molar-refractivity contribution in [3.63, 3.8) is 0 Å². The number of carbonyl (C=O) groups excluding carboxylic acids is 3. The molecule has 58 heavy (non-hydrogen) atoms. The quantitative estimate of drug-likeness (QED) is 0.108. The van der Waals surface area contributed by atoms with E-state index in [9.17, 15) is 22.8 Å². The number of carbonyl (C=O) groups is 3. The summed E-state index contributed by atoms with van der Waals surface area (Å²) in [7, 11) is -2.21. The number of amides is 3. The second kappa shape index (κ2) is 20.9. The predicted molar refractivity (Wildman–Crippen MR) is 231 cm³/mol. The maximum absolute atomic E-state index is 13.7. The highest BCUT2D eigenvalue weighted by molar-refractivity contribution is 7.98. The van der Waals surface area contributed by atoms with Crippen LogP contribution in [0.4, 0.5) is 4.79 Å². The number of sulfonamides is 1. The fraction of sp³-hybridized carbons (Fsp3) is 0.488. The molecule has 6 rings (SSSR count). The molecule has 2 aliphatic carbocycles. The van der Waals surface area contributed by atoms with E-state index in [-0.39, 0.29) is 19.5 Å². The molecule has 0 spiro atoms. The summed E-state index contributed by atoms with van der Waals surface area (Å²) in [5, 5.41) is 2.14. The van der Waals surface area contributed by atoms with Crippen molar-refractivity contribution in [2.75, 3.05) is 20.2 Å². The maximum Gasteiger partial charge on any atom is 0.408 e. The van der Waals surface area contributed by atoms with E-state index in [1.165, 1.54) is 38.2 Å². The zero-order valence-corrected chi connectivity index (χ0v) is 36.0. The van der Waals surface area contributed by atoms with Crippen LogP contribution in [-0.2, 0) is 24.3 Å². The molecule has 3 aliphatic rings. The summed E-state index contributed by atoms with van der Waals surface area (Å²) in [6, 6.07) is 17.1. The zero-order valence-electron chi connectivity index (χ0n) is 34.4. The minimum absolute atomic E-state index is 0.113. The van der Waals surface area contributed by atoms with Gasteiger partial charge in [0.2, 0.25) is 15.9 Å². The average Bonchev–Trinajstić information content (AvgIpc) is 3.73. The molecule has 316 valence electrons. The Hall–Kier alpha value is -4.60. The first-order chi connectivity index (χ1) is 27.6.